The fraction of sp³-hybridized carbons (Fsp3) is 0.211. The van der Waals surface area contributed by atoms with Crippen LogP contribution in [0.2, 0.25) is 0 Å². The summed E-state index contributed by atoms with van der Waals surface area (Å²) in [5.74, 6) is 4.78. The molecule has 6 nitrogen and oxygen atoms in total. The monoisotopic (exact) mass is 556 g/mol. The first-order valence-electron chi connectivity index (χ1n) is 6.94. The Labute approximate surface area is 176 Å². The summed E-state index contributed by atoms with van der Waals surface area (Å²) < 4.78 is 40.0. The molecule has 140 valence electrons. The van der Waals surface area contributed by atoms with Crippen molar-refractivity contribution < 1.29 is 44.3 Å². The first kappa shape index (κ1) is 36.4. The van der Waals surface area contributed by atoms with Crippen molar-refractivity contribution in [3.8, 4) is 0 Å². The SMILES string of the molecule is CCN(CC)[PH+]1C=Cc2ccccc2C=C1.[C-]#[O+].[C-]#[O+].[C-]#[O+].[C-]#[O+].[C-]#[O+].[W]. The van der Waals surface area contributed by atoms with Crippen molar-refractivity contribution in [3.05, 3.63) is 80.3 Å². The molecule has 0 unspecified atom stereocenters. The second-order valence-corrected chi connectivity index (χ2v) is 6.04. The van der Waals surface area contributed by atoms with Crippen LogP contribution in [0, 0.1) is 33.3 Å². The van der Waals surface area contributed by atoms with Gasteiger partial charge in [-0.1, -0.05) is 24.3 Å². The zero-order chi connectivity index (χ0) is 21.4. The maximum absolute atomic E-state index is 7.50. The van der Waals surface area contributed by atoms with Crippen molar-refractivity contribution in [3.63, 3.8) is 0 Å². The van der Waals surface area contributed by atoms with Crippen molar-refractivity contribution in [1.82, 2.24) is 4.67 Å². The molecule has 0 spiro atoms. The minimum atomic E-state index is -0.618. The smallest absolute Gasteiger partial charge is 0 e. The van der Waals surface area contributed by atoms with Crippen molar-refractivity contribution in [1.29, 1.82) is 0 Å². The van der Waals surface area contributed by atoms with Crippen LogP contribution < -0.4 is 0 Å². The molecule has 0 saturated heterocycles. The average Bonchev–Trinajstić information content (AvgIpc) is 2.99. The molecule has 0 radical (unpaired) electrons. The molecule has 1 aromatic rings. The molecule has 0 atom stereocenters. The van der Waals surface area contributed by atoms with E-state index < -0.39 is 8.07 Å². The minimum Gasteiger partial charge on any atom is 0 e. The van der Waals surface area contributed by atoms with Crippen LogP contribution in [0.3, 0.4) is 0 Å². The molecule has 1 heterocycles. The van der Waals surface area contributed by atoms with E-state index in [4.69, 9.17) is 23.3 Å². The van der Waals surface area contributed by atoms with Gasteiger partial charge < -0.3 is 0 Å². The summed E-state index contributed by atoms with van der Waals surface area (Å²) in [7, 11) is -0.618. The number of nitrogens with zero attached hydrogens (tertiary/aromatic N) is 1. The van der Waals surface area contributed by atoms with E-state index in [2.05, 4.69) is 99.8 Å². The fourth-order valence-electron chi connectivity index (χ4n) is 2.02. The molecule has 0 fully saturated rings. The van der Waals surface area contributed by atoms with Crippen LogP contribution in [0.25, 0.3) is 12.2 Å². The van der Waals surface area contributed by atoms with Crippen LogP contribution in [0.5, 0.6) is 0 Å². The summed E-state index contributed by atoms with van der Waals surface area (Å²) in [5.41, 5.74) is 2.68. The maximum Gasteiger partial charge on any atom is 0 e. The molecule has 0 N–H and O–H groups in total. The summed E-state index contributed by atoms with van der Waals surface area (Å²) in [5, 5.41) is 0. The minimum absolute atomic E-state index is 0. The number of hydrogen-bond acceptors (Lipinski definition) is 1. The standard InChI is InChI=1S/C14H18NP.5CO.W/c1-3-15(4-2)16-11-9-13-7-5-6-8-14(13)10-12-16;5*1-2;/h5-12H,3-4H2,1-2H3;;;;;;/p+1. The Morgan fingerprint density at radius 2 is 1.00 bits per heavy atom. The van der Waals surface area contributed by atoms with Crippen LogP contribution >= 0.6 is 8.07 Å². The van der Waals surface area contributed by atoms with Gasteiger partial charge in [-0.15, -0.1) is 0 Å². The average molecular weight is 556 g/mol. The van der Waals surface area contributed by atoms with Gasteiger partial charge >= 0.3 is 56.5 Å². The summed E-state index contributed by atoms with van der Waals surface area (Å²) in [6.45, 7) is 29.2. The predicted molar refractivity (Wildman–Crippen MR) is 95.4 cm³/mol. The number of rotatable bonds is 3. The van der Waals surface area contributed by atoms with Crippen LogP contribution in [-0.4, -0.2) is 17.8 Å². The Balaban J connectivity index is -0.000000128. The van der Waals surface area contributed by atoms with E-state index in [1.807, 2.05) is 0 Å². The largest absolute Gasteiger partial charge is 0 e. The van der Waals surface area contributed by atoms with Gasteiger partial charge in [0, 0.05) is 34.2 Å². The van der Waals surface area contributed by atoms with Crippen LogP contribution in [-0.2, 0) is 44.3 Å². The molecule has 27 heavy (non-hydrogen) atoms. The van der Waals surface area contributed by atoms with Gasteiger partial charge in [0.25, 0.3) is 0 Å². The fourth-order valence-corrected chi connectivity index (χ4v) is 3.98. The summed E-state index contributed by atoms with van der Waals surface area (Å²) in [4.78, 5) is 0. The van der Waals surface area contributed by atoms with Gasteiger partial charge in [0.05, 0.1) is 11.6 Å². The quantitative estimate of drug-likeness (QED) is 0.315. The van der Waals surface area contributed by atoms with E-state index in [1.54, 1.807) is 0 Å². The zero-order valence-corrected chi connectivity index (χ0v) is 18.9. The van der Waals surface area contributed by atoms with Crippen molar-refractivity contribution in [2.75, 3.05) is 13.1 Å². The van der Waals surface area contributed by atoms with E-state index in [1.165, 1.54) is 11.1 Å². The van der Waals surface area contributed by atoms with Gasteiger partial charge in [-0.05, 0) is 37.1 Å². The Hall–Kier alpha value is -1.52. The molecule has 0 aromatic heterocycles. The number of benzene rings is 1. The van der Waals surface area contributed by atoms with Crippen LogP contribution in [0.4, 0.5) is 0 Å². The second-order valence-electron chi connectivity index (χ2n) is 3.89. The molecular formula is C19H19NO5PW+. The summed E-state index contributed by atoms with van der Waals surface area (Å²) in [6, 6.07) is 8.57. The Morgan fingerprint density at radius 3 is 1.26 bits per heavy atom. The van der Waals surface area contributed by atoms with Crippen LogP contribution in [0.1, 0.15) is 25.0 Å². The van der Waals surface area contributed by atoms with Gasteiger partial charge in [0.15, 0.2) is 0 Å². The van der Waals surface area contributed by atoms with E-state index in [-0.39, 0.29) is 21.1 Å². The van der Waals surface area contributed by atoms with E-state index in [0.717, 1.165) is 13.1 Å². The first-order valence-corrected chi connectivity index (χ1v) is 8.54. The Kier molecular flexibility index (Phi) is 43.4. The van der Waals surface area contributed by atoms with Gasteiger partial charge in [-0.2, -0.15) is 4.67 Å². The van der Waals surface area contributed by atoms with Crippen LogP contribution in [0.15, 0.2) is 35.9 Å². The van der Waals surface area contributed by atoms with Crippen molar-refractivity contribution in [2.24, 2.45) is 0 Å². The second kappa shape index (κ2) is 32.2. The molecular weight excluding hydrogens is 537 g/mol. The first-order chi connectivity index (χ1) is 12.8. The summed E-state index contributed by atoms with van der Waals surface area (Å²) in [6.07, 6.45) is 4.56. The van der Waals surface area contributed by atoms with Gasteiger partial charge in [-0.3, -0.25) is 0 Å². The molecule has 0 bridgehead atoms. The molecule has 1 aliphatic rings. The summed E-state index contributed by atoms with van der Waals surface area (Å²) >= 11 is 0. The van der Waals surface area contributed by atoms with Gasteiger partial charge in [0.1, 0.15) is 8.07 Å². The van der Waals surface area contributed by atoms with E-state index in [9.17, 15) is 0 Å². The Bertz CT molecular complexity index is 549. The van der Waals surface area contributed by atoms with Gasteiger partial charge in [0.2, 0.25) is 0 Å². The van der Waals surface area contributed by atoms with Crippen molar-refractivity contribution >= 4 is 20.2 Å². The molecule has 0 saturated carbocycles. The third-order valence-corrected chi connectivity index (χ3v) is 5.37. The van der Waals surface area contributed by atoms with Crippen molar-refractivity contribution in [2.45, 2.75) is 13.8 Å². The Morgan fingerprint density at radius 1 is 0.704 bits per heavy atom. The van der Waals surface area contributed by atoms with Gasteiger partial charge in [-0.25, -0.2) is 0 Å². The molecule has 0 aliphatic carbocycles. The van der Waals surface area contributed by atoms with E-state index >= 15 is 0 Å². The maximum atomic E-state index is 7.50. The predicted octanol–water partition coefficient (Wildman–Crippen LogP) is 3.92. The third-order valence-electron chi connectivity index (χ3n) is 2.99. The number of hydrogen-bond donors (Lipinski definition) is 0. The molecule has 8 heteroatoms. The molecule has 2 rings (SSSR count). The molecule has 0 amide bonds. The van der Waals surface area contributed by atoms with E-state index in [0.29, 0.717) is 0 Å². The third kappa shape index (κ3) is 16.4. The topological polar surface area (TPSA) is 103 Å². The molecule has 1 aliphatic heterocycles. The number of fused-ring (bicyclic) bond motifs is 1. The zero-order valence-electron chi connectivity index (χ0n) is 14.9. The normalized spacial score (nSPS) is 9.37. The molecule has 1 aromatic carbocycles.